The van der Waals surface area contributed by atoms with Crippen molar-refractivity contribution in [3.05, 3.63) is 35.4 Å². The fourth-order valence-corrected chi connectivity index (χ4v) is 2.22. The van der Waals surface area contributed by atoms with Crippen LogP contribution in [0.4, 0.5) is 0 Å². The van der Waals surface area contributed by atoms with Crippen molar-refractivity contribution in [2.24, 2.45) is 0 Å². The molecular formula is C14H23NS. The Morgan fingerprint density at radius 2 is 2.06 bits per heavy atom. The molecule has 16 heavy (non-hydrogen) atoms. The molecule has 0 atom stereocenters. The summed E-state index contributed by atoms with van der Waals surface area (Å²) in [5.74, 6) is 1.30. The van der Waals surface area contributed by atoms with Crippen LogP contribution in [0.25, 0.3) is 0 Å². The lowest BCUT2D eigenvalue weighted by atomic mass is 10.1. The molecule has 0 saturated carbocycles. The number of nitrogens with one attached hydrogen (secondary N) is 1. The van der Waals surface area contributed by atoms with E-state index in [0.717, 1.165) is 13.1 Å². The van der Waals surface area contributed by atoms with Gasteiger partial charge in [0.1, 0.15) is 0 Å². The molecule has 0 fully saturated rings. The molecule has 90 valence electrons. The molecule has 0 radical (unpaired) electrons. The first-order valence-corrected chi connectivity index (χ1v) is 7.47. The van der Waals surface area contributed by atoms with E-state index in [1.165, 1.54) is 36.1 Å². The molecule has 1 rings (SSSR count). The van der Waals surface area contributed by atoms with Crippen LogP contribution >= 0.6 is 11.8 Å². The van der Waals surface area contributed by atoms with E-state index in [1.54, 1.807) is 0 Å². The Kier molecular flexibility index (Phi) is 7.35. The smallest absolute Gasteiger partial charge is 0.0205 e. The van der Waals surface area contributed by atoms with E-state index in [-0.39, 0.29) is 0 Å². The van der Waals surface area contributed by atoms with Crippen molar-refractivity contribution in [3.63, 3.8) is 0 Å². The second-order valence-corrected chi connectivity index (χ2v) is 5.20. The van der Waals surface area contributed by atoms with E-state index in [1.807, 2.05) is 11.8 Å². The summed E-state index contributed by atoms with van der Waals surface area (Å²) in [5.41, 5.74) is 2.74. The maximum absolute atomic E-state index is 3.50. The Morgan fingerprint density at radius 1 is 1.19 bits per heavy atom. The normalized spacial score (nSPS) is 10.6. The van der Waals surface area contributed by atoms with Crippen LogP contribution in [0.1, 0.15) is 30.4 Å². The summed E-state index contributed by atoms with van der Waals surface area (Å²) in [6.45, 7) is 4.29. The summed E-state index contributed by atoms with van der Waals surface area (Å²) in [5, 5.41) is 3.50. The maximum Gasteiger partial charge on any atom is 0.0205 e. The summed E-state index contributed by atoms with van der Waals surface area (Å²) >= 11 is 1.94. The Hall–Kier alpha value is -0.470. The highest BCUT2D eigenvalue weighted by atomic mass is 32.2. The van der Waals surface area contributed by atoms with Crippen LogP contribution in [0.5, 0.6) is 0 Å². The van der Waals surface area contributed by atoms with Gasteiger partial charge in [-0.25, -0.2) is 0 Å². The molecule has 1 aromatic carbocycles. The zero-order valence-electron chi connectivity index (χ0n) is 10.5. The van der Waals surface area contributed by atoms with Gasteiger partial charge in [-0.1, -0.05) is 36.2 Å². The zero-order valence-corrected chi connectivity index (χ0v) is 11.3. The third-order valence-electron chi connectivity index (χ3n) is 2.61. The Labute approximate surface area is 104 Å². The molecule has 0 heterocycles. The molecule has 0 aromatic heterocycles. The molecule has 1 aromatic rings. The van der Waals surface area contributed by atoms with E-state index in [0.29, 0.717) is 0 Å². The van der Waals surface area contributed by atoms with Gasteiger partial charge in [0, 0.05) is 6.54 Å². The number of unbranched alkanes of at least 4 members (excludes halogenated alkanes) is 2. The second-order valence-electron chi connectivity index (χ2n) is 4.22. The van der Waals surface area contributed by atoms with Crippen molar-refractivity contribution in [2.75, 3.05) is 18.6 Å². The van der Waals surface area contributed by atoms with Crippen LogP contribution in [-0.2, 0) is 6.54 Å². The van der Waals surface area contributed by atoms with Crippen molar-refractivity contribution < 1.29 is 0 Å². The molecule has 0 spiro atoms. The number of rotatable bonds is 8. The Morgan fingerprint density at radius 3 is 2.81 bits per heavy atom. The van der Waals surface area contributed by atoms with E-state index >= 15 is 0 Å². The Bertz CT molecular complexity index is 286. The third-order valence-corrected chi connectivity index (χ3v) is 3.31. The molecule has 0 aliphatic carbocycles. The number of thioether (sulfide) groups is 1. The summed E-state index contributed by atoms with van der Waals surface area (Å²) in [6.07, 6.45) is 6.18. The molecule has 1 N–H and O–H groups in total. The average Bonchev–Trinajstić information content (AvgIpc) is 2.28. The molecule has 0 amide bonds. The van der Waals surface area contributed by atoms with Crippen molar-refractivity contribution >= 4 is 11.8 Å². The van der Waals surface area contributed by atoms with Crippen LogP contribution in [0.3, 0.4) is 0 Å². The monoisotopic (exact) mass is 237 g/mol. The molecule has 0 bridgehead atoms. The minimum atomic E-state index is 1.00. The predicted molar refractivity (Wildman–Crippen MR) is 75.1 cm³/mol. The molecule has 1 nitrogen and oxygen atoms in total. The van der Waals surface area contributed by atoms with E-state index in [9.17, 15) is 0 Å². The van der Waals surface area contributed by atoms with Crippen LogP contribution in [-0.4, -0.2) is 18.6 Å². The van der Waals surface area contributed by atoms with Gasteiger partial charge in [-0.15, -0.1) is 0 Å². The summed E-state index contributed by atoms with van der Waals surface area (Å²) < 4.78 is 0. The van der Waals surface area contributed by atoms with Gasteiger partial charge in [-0.05, 0) is 43.9 Å². The Balaban J connectivity index is 2.03. The zero-order chi connectivity index (χ0) is 11.6. The first-order valence-electron chi connectivity index (χ1n) is 6.08. The lowest BCUT2D eigenvalue weighted by molar-refractivity contribution is 0.618. The standard InChI is InChI=1S/C14H23NS/c1-13-7-6-8-14(11-13)12-15-9-4-3-5-10-16-2/h6-8,11,15H,3-5,9-10,12H2,1-2H3. The highest BCUT2D eigenvalue weighted by Crippen LogP contribution is 2.04. The molecular weight excluding hydrogens is 214 g/mol. The van der Waals surface area contributed by atoms with E-state index in [4.69, 9.17) is 0 Å². The molecule has 0 aliphatic heterocycles. The van der Waals surface area contributed by atoms with Gasteiger partial charge < -0.3 is 5.32 Å². The van der Waals surface area contributed by atoms with E-state index < -0.39 is 0 Å². The largest absolute Gasteiger partial charge is 0.313 e. The van der Waals surface area contributed by atoms with Gasteiger partial charge in [0.25, 0.3) is 0 Å². The van der Waals surface area contributed by atoms with Crippen LogP contribution in [0.15, 0.2) is 24.3 Å². The van der Waals surface area contributed by atoms with E-state index in [2.05, 4.69) is 42.8 Å². The van der Waals surface area contributed by atoms with Gasteiger partial charge in [0.2, 0.25) is 0 Å². The summed E-state index contributed by atoms with van der Waals surface area (Å²) in [7, 11) is 0. The lowest BCUT2D eigenvalue weighted by Crippen LogP contribution is -2.14. The summed E-state index contributed by atoms with van der Waals surface area (Å²) in [4.78, 5) is 0. The lowest BCUT2D eigenvalue weighted by Gasteiger charge is -2.05. The van der Waals surface area contributed by atoms with Crippen molar-refractivity contribution in [1.82, 2.24) is 5.32 Å². The quantitative estimate of drug-likeness (QED) is 0.693. The molecule has 2 heteroatoms. The minimum absolute atomic E-state index is 1.00. The highest BCUT2D eigenvalue weighted by molar-refractivity contribution is 7.98. The number of hydrogen-bond donors (Lipinski definition) is 1. The molecule has 0 aliphatic rings. The SMILES string of the molecule is CSCCCCCNCc1cccc(C)c1. The van der Waals surface area contributed by atoms with Crippen molar-refractivity contribution in [2.45, 2.75) is 32.7 Å². The molecule has 0 unspecified atom stereocenters. The number of benzene rings is 1. The maximum atomic E-state index is 3.50. The number of aryl methyl sites for hydroxylation is 1. The van der Waals surface area contributed by atoms with Gasteiger partial charge >= 0.3 is 0 Å². The first kappa shape index (κ1) is 13.6. The second kappa shape index (κ2) is 8.66. The van der Waals surface area contributed by atoms with Gasteiger partial charge in [-0.2, -0.15) is 11.8 Å². The highest BCUT2D eigenvalue weighted by Gasteiger charge is 1.93. The molecule has 0 saturated heterocycles. The third kappa shape index (κ3) is 6.19. The van der Waals surface area contributed by atoms with Crippen molar-refractivity contribution in [1.29, 1.82) is 0 Å². The minimum Gasteiger partial charge on any atom is -0.313 e. The van der Waals surface area contributed by atoms with Crippen molar-refractivity contribution in [3.8, 4) is 0 Å². The average molecular weight is 237 g/mol. The van der Waals surface area contributed by atoms with Gasteiger partial charge in [0.05, 0.1) is 0 Å². The fraction of sp³-hybridized carbons (Fsp3) is 0.571. The van der Waals surface area contributed by atoms with Gasteiger partial charge in [0.15, 0.2) is 0 Å². The van der Waals surface area contributed by atoms with Gasteiger partial charge in [-0.3, -0.25) is 0 Å². The predicted octanol–water partition coefficient (Wildman–Crippen LogP) is 3.62. The summed E-state index contributed by atoms with van der Waals surface area (Å²) in [6, 6.07) is 8.71. The van der Waals surface area contributed by atoms with Crippen LogP contribution in [0, 0.1) is 6.92 Å². The fourth-order valence-electron chi connectivity index (χ4n) is 1.73. The van der Waals surface area contributed by atoms with Crippen LogP contribution < -0.4 is 5.32 Å². The first-order chi connectivity index (χ1) is 7.83. The number of hydrogen-bond acceptors (Lipinski definition) is 2. The van der Waals surface area contributed by atoms with Crippen LogP contribution in [0.2, 0.25) is 0 Å². The topological polar surface area (TPSA) is 12.0 Å².